The Morgan fingerprint density at radius 3 is 2.88 bits per heavy atom. The molecule has 1 aliphatic heterocycles. The molecule has 1 N–H and O–H groups in total. The van der Waals surface area contributed by atoms with Crippen LogP contribution >= 0.6 is 0 Å². The minimum atomic E-state index is 1.08. The maximum atomic E-state index is 3.16. The zero-order valence-corrected chi connectivity index (χ0v) is 5.44. The summed E-state index contributed by atoms with van der Waals surface area (Å²) in [5.41, 5.74) is 1.32. The Balaban J connectivity index is 2.53. The van der Waals surface area contributed by atoms with Crippen molar-refractivity contribution in [1.82, 2.24) is 10.2 Å². The lowest BCUT2D eigenvalue weighted by Crippen LogP contribution is -2.31. The van der Waals surface area contributed by atoms with Crippen molar-refractivity contribution in [2.75, 3.05) is 20.1 Å². The van der Waals surface area contributed by atoms with E-state index in [0.717, 1.165) is 13.1 Å². The molecule has 8 heavy (non-hydrogen) atoms. The zero-order chi connectivity index (χ0) is 5.98. The third-order valence-corrected chi connectivity index (χ3v) is 1.50. The molecule has 0 amide bonds. The highest BCUT2D eigenvalue weighted by Gasteiger charge is 2.00. The van der Waals surface area contributed by atoms with E-state index in [2.05, 4.69) is 24.2 Å². The number of hydrogen-bond acceptors (Lipinski definition) is 2. The molecule has 1 heterocycles. The van der Waals surface area contributed by atoms with Gasteiger partial charge in [-0.1, -0.05) is 0 Å². The fourth-order valence-corrected chi connectivity index (χ4v) is 0.739. The molecule has 0 atom stereocenters. The fourth-order valence-electron chi connectivity index (χ4n) is 0.739. The number of nitrogens with zero attached hydrogens (tertiary/aromatic N) is 1. The molecule has 0 aromatic rings. The van der Waals surface area contributed by atoms with E-state index in [4.69, 9.17) is 0 Å². The van der Waals surface area contributed by atoms with Crippen molar-refractivity contribution in [2.24, 2.45) is 0 Å². The Labute approximate surface area is 50.2 Å². The predicted molar refractivity (Wildman–Crippen MR) is 34.4 cm³/mol. The van der Waals surface area contributed by atoms with Crippen LogP contribution in [0.3, 0.4) is 0 Å². The first-order valence-electron chi connectivity index (χ1n) is 2.92. The molecule has 0 bridgehead atoms. The summed E-state index contributed by atoms with van der Waals surface area (Å²) in [6.45, 7) is 4.31. The van der Waals surface area contributed by atoms with Crippen LogP contribution in [-0.2, 0) is 0 Å². The molecule has 0 aliphatic carbocycles. The molecule has 0 unspecified atom stereocenters. The molecule has 0 spiro atoms. The molecule has 2 heteroatoms. The van der Waals surface area contributed by atoms with Crippen molar-refractivity contribution in [3.63, 3.8) is 0 Å². The summed E-state index contributed by atoms with van der Waals surface area (Å²) in [5.74, 6) is 0. The van der Waals surface area contributed by atoms with Crippen molar-refractivity contribution in [1.29, 1.82) is 0 Å². The summed E-state index contributed by atoms with van der Waals surface area (Å²) in [4.78, 5) is 2.23. The standard InChI is InChI=1S/C6H12N2/c1-6-5-7-3-4-8(6)2/h5,7H,3-4H2,1-2H3. The summed E-state index contributed by atoms with van der Waals surface area (Å²) in [5, 5.41) is 3.16. The maximum Gasteiger partial charge on any atom is 0.0345 e. The van der Waals surface area contributed by atoms with E-state index in [9.17, 15) is 0 Å². The second-order valence-electron chi connectivity index (χ2n) is 2.16. The van der Waals surface area contributed by atoms with Gasteiger partial charge in [0.25, 0.3) is 0 Å². The first-order valence-corrected chi connectivity index (χ1v) is 2.92. The monoisotopic (exact) mass is 112 g/mol. The molecule has 0 aromatic carbocycles. The van der Waals surface area contributed by atoms with E-state index in [1.807, 2.05) is 6.20 Å². The van der Waals surface area contributed by atoms with Crippen molar-refractivity contribution < 1.29 is 0 Å². The molecule has 0 fully saturated rings. The van der Waals surface area contributed by atoms with Gasteiger partial charge in [-0.05, 0) is 6.92 Å². The van der Waals surface area contributed by atoms with Gasteiger partial charge in [-0.3, -0.25) is 0 Å². The largest absolute Gasteiger partial charge is 0.388 e. The highest BCUT2D eigenvalue weighted by Crippen LogP contribution is 1.99. The number of nitrogens with one attached hydrogen (secondary N) is 1. The number of hydrogen-bond donors (Lipinski definition) is 1. The van der Waals surface area contributed by atoms with Gasteiger partial charge in [0.1, 0.15) is 0 Å². The summed E-state index contributed by atoms with van der Waals surface area (Å²) in [6.07, 6.45) is 2.05. The van der Waals surface area contributed by atoms with Crippen LogP contribution in [0.2, 0.25) is 0 Å². The number of likely N-dealkylation sites (N-methyl/N-ethyl adjacent to an activating group) is 1. The second kappa shape index (κ2) is 2.07. The van der Waals surface area contributed by atoms with Crippen molar-refractivity contribution in [3.8, 4) is 0 Å². The first kappa shape index (κ1) is 5.48. The molecule has 1 aliphatic rings. The Morgan fingerprint density at radius 2 is 2.50 bits per heavy atom. The molecule has 1 rings (SSSR count). The lowest BCUT2D eigenvalue weighted by molar-refractivity contribution is 0.394. The average molecular weight is 112 g/mol. The van der Waals surface area contributed by atoms with Crippen LogP contribution in [0.1, 0.15) is 6.92 Å². The average Bonchev–Trinajstić information content (AvgIpc) is 1.77. The summed E-state index contributed by atoms with van der Waals surface area (Å²) < 4.78 is 0. The molecule has 0 saturated carbocycles. The minimum Gasteiger partial charge on any atom is -0.388 e. The Kier molecular flexibility index (Phi) is 1.42. The van der Waals surface area contributed by atoms with E-state index >= 15 is 0 Å². The van der Waals surface area contributed by atoms with Gasteiger partial charge in [0.15, 0.2) is 0 Å². The van der Waals surface area contributed by atoms with Crippen molar-refractivity contribution in [2.45, 2.75) is 6.92 Å². The molecular weight excluding hydrogens is 100 g/mol. The molecule has 0 aromatic heterocycles. The van der Waals surface area contributed by atoms with Crippen LogP contribution in [0.25, 0.3) is 0 Å². The fraction of sp³-hybridized carbons (Fsp3) is 0.667. The van der Waals surface area contributed by atoms with Gasteiger partial charge >= 0.3 is 0 Å². The minimum absolute atomic E-state index is 1.08. The van der Waals surface area contributed by atoms with Gasteiger partial charge in [0.05, 0.1) is 0 Å². The van der Waals surface area contributed by atoms with Gasteiger partial charge in [0, 0.05) is 32.0 Å². The van der Waals surface area contributed by atoms with Crippen LogP contribution < -0.4 is 5.32 Å². The lowest BCUT2D eigenvalue weighted by Gasteiger charge is -2.24. The second-order valence-corrected chi connectivity index (χ2v) is 2.16. The van der Waals surface area contributed by atoms with Crippen LogP contribution in [0.4, 0.5) is 0 Å². The quantitative estimate of drug-likeness (QED) is 0.487. The molecule has 2 nitrogen and oxygen atoms in total. The SMILES string of the molecule is CC1=CNCCN1C. The summed E-state index contributed by atoms with van der Waals surface area (Å²) >= 11 is 0. The topological polar surface area (TPSA) is 15.3 Å². The maximum absolute atomic E-state index is 3.16. The molecule has 0 saturated heterocycles. The highest BCUT2D eigenvalue weighted by atomic mass is 15.1. The van der Waals surface area contributed by atoms with E-state index in [-0.39, 0.29) is 0 Å². The Hall–Kier alpha value is -0.660. The molecule has 0 radical (unpaired) electrons. The number of allylic oxidation sites excluding steroid dienone is 1. The van der Waals surface area contributed by atoms with Crippen LogP contribution in [0.5, 0.6) is 0 Å². The van der Waals surface area contributed by atoms with Gasteiger partial charge in [-0.2, -0.15) is 0 Å². The van der Waals surface area contributed by atoms with Crippen molar-refractivity contribution in [3.05, 3.63) is 11.9 Å². The lowest BCUT2D eigenvalue weighted by atomic mass is 10.4. The highest BCUT2D eigenvalue weighted by molar-refractivity contribution is 4.98. The van der Waals surface area contributed by atoms with Crippen LogP contribution in [0.15, 0.2) is 11.9 Å². The molecular formula is C6H12N2. The van der Waals surface area contributed by atoms with Crippen molar-refractivity contribution >= 4 is 0 Å². The normalized spacial score (nSPS) is 19.8. The zero-order valence-electron chi connectivity index (χ0n) is 5.44. The third kappa shape index (κ3) is 0.941. The van der Waals surface area contributed by atoms with E-state index in [1.54, 1.807) is 0 Å². The summed E-state index contributed by atoms with van der Waals surface area (Å²) in [7, 11) is 2.10. The Bertz CT molecular complexity index is 107. The van der Waals surface area contributed by atoms with E-state index in [0.29, 0.717) is 0 Å². The van der Waals surface area contributed by atoms with Gasteiger partial charge in [-0.25, -0.2) is 0 Å². The van der Waals surface area contributed by atoms with Gasteiger partial charge in [0.2, 0.25) is 0 Å². The van der Waals surface area contributed by atoms with Crippen LogP contribution in [0, 0.1) is 0 Å². The van der Waals surface area contributed by atoms with E-state index in [1.165, 1.54) is 5.70 Å². The van der Waals surface area contributed by atoms with Gasteiger partial charge < -0.3 is 10.2 Å². The van der Waals surface area contributed by atoms with E-state index < -0.39 is 0 Å². The Morgan fingerprint density at radius 1 is 1.75 bits per heavy atom. The summed E-state index contributed by atoms with van der Waals surface area (Å²) in [6, 6.07) is 0. The van der Waals surface area contributed by atoms with Gasteiger partial charge in [-0.15, -0.1) is 0 Å². The first-order chi connectivity index (χ1) is 3.80. The van der Waals surface area contributed by atoms with Crippen LogP contribution in [-0.4, -0.2) is 25.0 Å². The third-order valence-electron chi connectivity index (χ3n) is 1.50. The molecule has 46 valence electrons. The predicted octanol–water partition coefficient (Wildman–Crippen LogP) is 0.383. The number of rotatable bonds is 0. The smallest absolute Gasteiger partial charge is 0.0345 e.